The SMILES string of the molecule is Cc1cccc(COc2ccc(/C(O)=C3/C(=O)C(=O)N(CCCn4ccnc4)C3c3cccc(Br)c3)cc2)c1. The van der Waals surface area contributed by atoms with Gasteiger partial charge in [0, 0.05) is 35.5 Å². The number of aliphatic hydroxyl groups is 1. The number of aryl methyl sites for hydroxylation is 2. The van der Waals surface area contributed by atoms with E-state index in [-0.39, 0.29) is 11.3 Å². The number of halogens is 1. The third-order valence-corrected chi connectivity index (χ3v) is 7.19. The van der Waals surface area contributed by atoms with Crippen LogP contribution >= 0.6 is 15.9 Å². The van der Waals surface area contributed by atoms with E-state index < -0.39 is 17.7 Å². The second-order valence-electron chi connectivity index (χ2n) is 9.50. The van der Waals surface area contributed by atoms with Gasteiger partial charge in [-0.05, 0) is 60.9 Å². The lowest BCUT2D eigenvalue weighted by Gasteiger charge is -2.25. The summed E-state index contributed by atoms with van der Waals surface area (Å²) >= 11 is 3.49. The summed E-state index contributed by atoms with van der Waals surface area (Å²) < 4.78 is 8.64. The molecule has 0 aliphatic carbocycles. The molecule has 1 aliphatic heterocycles. The number of benzene rings is 3. The summed E-state index contributed by atoms with van der Waals surface area (Å²) in [5.74, 6) is -0.887. The summed E-state index contributed by atoms with van der Waals surface area (Å²) in [5, 5.41) is 11.3. The van der Waals surface area contributed by atoms with Gasteiger partial charge >= 0.3 is 0 Å². The Morgan fingerprint density at radius 1 is 1.03 bits per heavy atom. The van der Waals surface area contributed by atoms with E-state index in [4.69, 9.17) is 4.74 Å². The first-order valence-electron chi connectivity index (χ1n) is 12.7. The van der Waals surface area contributed by atoms with Crippen molar-refractivity contribution in [1.82, 2.24) is 14.5 Å². The molecule has 1 N–H and O–H groups in total. The Kier molecular flexibility index (Phi) is 7.93. The smallest absolute Gasteiger partial charge is 0.295 e. The Bertz CT molecular complexity index is 1510. The first-order valence-corrected chi connectivity index (χ1v) is 13.5. The molecule has 1 atom stereocenters. The number of rotatable bonds is 9. The number of hydrogen-bond donors (Lipinski definition) is 1. The molecule has 1 aromatic heterocycles. The molecule has 1 amide bonds. The molecule has 1 aliphatic rings. The van der Waals surface area contributed by atoms with E-state index in [1.54, 1.807) is 41.7 Å². The molecule has 5 rings (SSSR count). The number of nitrogens with zero attached hydrogens (tertiary/aromatic N) is 3. The van der Waals surface area contributed by atoms with Crippen LogP contribution < -0.4 is 4.74 Å². The largest absolute Gasteiger partial charge is 0.507 e. The summed E-state index contributed by atoms with van der Waals surface area (Å²) in [6.45, 7) is 3.45. The Morgan fingerprint density at radius 3 is 2.54 bits per heavy atom. The fraction of sp³-hybridized carbons (Fsp3) is 0.194. The van der Waals surface area contributed by atoms with Crippen LogP contribution in [-0.4, -0.2) is 37.8 Å². The van der Waals surface area contributed by atoms with E-state index in [2.05, 4.69) is 27.0 Å². The molecule has 0 spiro atoms. The van der Waals surface area contributed by atoms with Crippen molar-refractivity contribution in [3.05, 3.63) is 124 Å². The average Bonchev–Trinajstić information content (AvgIpc) is 3.54. The number of aliphatic hydroxyl groups excluding tert-OH is 1. The van der Waals surface area contributed by atoms with E-state index in [0.717, 1.165) is 21.2 Å². The van der Waals surface area contributed by atoms with E-state index in [0.29, 0.717) is 37.4 Å². The molecule has 4 aromatic rings. The minimum absolute atomic E-state index is 0.0779. The number of ketones is 1. The van der Waals surface area contributed by atoms with Crippen molar-refractivity contribution in [1.29, 1.82) is 0 Å². The quantitative estimate of drug-likeness (QED) is 0.147. The van der Waals surface area contributed by atoms with Crippen LogP contribution in [0.3, 0.4) is 0 Å². The van der Waals surface area contributed by atoms with Crippen LogP contribution in [0.25, 0.3) is 5.76 Å². The first kappa shape index (κ1) is 26.4. The van der Waals surface area contributed by atoms with Gasteiger partial charge in [0.1, 0.15) is 18.1 Å². The Hall–Kier alpha value is -4.17. The highest BCUT2D eigenvalue weighted by molar-refractivity contribution is 9.10. The number of carbonyl (C=O) groups excluding carboxylic acids is 2. The lowest BCUT2D eigenvalue weighted by Crippen LogP contribution is -2.31. The number of imidazole rings is 1. The van der Waals surface area contributed by atoms with E-state index in [1.807, 2.05) is 60.2 Å². The van der Waals surface area contributed by atoms with Crippen LogP contribution in [0.15, 0.2) is 102 Å². The summed E-state index contributed by atoms with van der Waals surface area (Å²) in [5.41, 5.74) is 3.48. The van der Waals surface area contributed by atoms with Crippen molar-refractivity contribution in [2.45, 2.75) is 32.5 Å². The molecular formula is C31H28BrN3O4. The van der Waals surface area contributed by atoms with Crippen molar-refractivity contribution in [3.63, 3.8) is 0 Å². The zero-order valence-corrected chi connectivity index (χ0v) is 23.0. The molecule has 2 heterocycles. The number of aromatic nitrogens is 2. The monoisotopic (exact) mass is 585 g/mol. The summed E-state index contributed by atoms with van der Waals surface area (Å²) in [6, 6.07) is 21.7. The highest BCUT2D eigenvalue weighted by Crippen LogP contribution is 2.40. The van der Waals surface area contributed by atoms with Gasteiger partial charge in [0.25, 0.3) is 11.7 Å². The van der Waals surface area contributed by atoms with E-state index in [9.17, 15) is 14.7 Å². The molecule has 1 unspecified atom stereocenters. The minimum Gasteiger partial charge on any atom is -0.507 e. The van der Waals surface area contributed by atoms with Crippen LogP contribution in [0.4, 0.5) is 0 Å². The van der Waals surface area contributed by atoms with Crippen molar-refractivity contribution in [3.8, 4) is 5.75 Å². The van der Waals surface area contributed by atoms with E-state index >= 15 is 0 Å². The van der Waals surface area contributed by atoms with Crippen LogP contribution in [0, 0.1) is 6.92 Å². The van der Waals surface area contributed by atoms with E-state index in [1.165, 1.54) is 0 Å². The molecule has 0 radical (unpaired) electrons. The van der Waals surface area contributed by atoms with Gasteiger partial charge in [0.15, 0.2) is 0 Å². The first-order chi connectivity index (χ1) is 18.9. The second-order valence-corrected chi connectivity index (χ2v) is 10.4. The van der Waals surface area contributed by atoms with Crippen LogP contribution in [0.5, 0.6) is 5.75 Å². The standard InChI is InChI=1S/C31H28BrN3O4/c1-21-5-2-6-22(17-21)19-39-26-11-9-23(10-12-26)29(36)27-28(24-7-3-8-25(32)18-24)35(31(38)30(27)37)15-4-14-34-16-13-33-20-34/h2-3,5-13,16-18,20,28,36H,4,14-15,19H2,1H3/b29-27-. The molecule has 0 bridgehead atoms. The molecule has 198 valence electrons. The zero-order valence-electron chi connectivity index (χ0n) is 21.5. The highest BCUT2D eigenvalue weighted by Gasteiger charge is 2.45. The third-order valence-electron chi connectivity index (χ3n) is 6.69. The lowest BCUT2D eigenvalue weighted by molar-refractivity contribution is -0.139. The second kappa shape index (κ2) is 11.7. The fourth-order valence-corrected chi connectivity index (χ4v) is 5.23. The van der Waals surface area contributed by atoms with Crippen LogP contribution in [0.2, 0.25) is 0 Å². The summed E-state index contributed by atoms with van der Waals surface area (Å²) in [4.78, 5) is 32.1. The molecular weight excluding hydrogens is 558 g/mol. The maximum absolute atomic E-state index is 13.3. The highest BCUT2D eigenvalue weighted by atomic mass is 79.9. The number of Topliss-reactive ketones (excluding diaryl/α,β-unsaturated/α-hetero) is 1. The summed E-state index contributed by atoms with van der Waals surface area (Å²) in [6.07, 6.45) is 5.90. The van der Waals surface area contributed by atoms with Crippen LogP contribution in [0.1, 0.15) is 34.7 Å². The molecule has 7 nitrogen and oxygen atoms in total. The van der Waals surface area contributed by atoms with Gasteiger partial charge in [-0.3, -0.25) is 9.59 Å². The minimum atomic E-state index is -0.706. The molecule has 39 heavy (non-hydrogen) atoms. The Labute approximate surface area is 235 Å². The van der Waals surface area contributed by atoms with Gasteiger partial charge in [-0.25, -0.2) is 4.98 Å². The summed E-state index contributed by atoms with van der Waals surface area (Å²) in [7, 11) is 0. The van der Waals surface area contributed by atoms with Gasteiger partial charge in [0.2, 0.25) is 0 Å². The molecule has 1 saturated heterocycles. The molecule has 0 saturated carbocycles. The van der Waals surface area contributed by atoms with Crippen LogP contribution in [-0.2, 0) is 22.7 Å². The number of likely N-dealkylation sites (tertiary alicyclic amines) is 1. The number of carbonyl (C=O) groups is 2. The number of ether oxygens (including phenoxy) is 1. The Balaban J connectivity index is 1.41. The number of amides is 1. The molecule has 3 aromatic carbocycles. The predicted octanol–water partition coefficient (Wildman–Crippen LogP) is 6.05. The van der Waals surface area contributed by atoms with Crippen molar-refractivity contribution < 1.29 is 19.4 Å². The zero-order chi connectivity index (χ0) is 27.4. The average molecular weight is 586 g/mol. The van der Waals surface area contributed by atoms with Gasteiger partial charge in [0.05, 0.1) is 17.9 Å². The van der Waals surface area contributed by atoms with Gasteiger partial charge in [-0.15, -0.1) is 0 Å². The van der Waals surface area contributed by atoms with Crippen molar-refractivity contribution >= 4 is 33.4 Å². The predicted molar refractivity (Wildman–Crippen MR) is 152 cm³/mol. The lowest BCUT2D eigenvalue weighted by atomic mass is 9.95. The topological polar surface area (TPSA) is 84.7 Å². The van der Waals surface area contributed by atoms with Gasteiger partial charge in [-0.2, -0.15) is 0 Å². The third kappa shape index (κ3) is 5.96. The van der Waals surface area contributed by atoms with Gasteiger partial charge in [-0.1, -0.05) is 57.9 Å². The Morgan fingerprint density at radius 2 is 1.82 bits per heavy atom. The van der Waals surface area contributed by atoms with Gasteiger partial charge < -0.3 is 19.3 Å². The molecule has 8 heteroatoms. The maximum Gasteiger partial charge on any atom is 0.295 e. The van der Waals surface area contributed by atoms with Crippen molar-refractivity contribution in [2.24, 2.45) is 0 Å². The number of hydrogen-bond acceptors (Lipinski definition) is 5. The maximum atomic E-state index is 13.3. The van der Waals surface area contributed by atoms with Crippen molar-refractivity contribution in [2.75, 3.05) is 6.54 Å². The fourth-order valence-electron chi connectivity index (χ4n) is 4.81. The molecule has 1 fully saturated rings. The normalized spacial score (nSPS) is 16.6.